The molecule has 0 spiro atoms. The molecule has 4 aromatic rings. The Labute approximate surface area is 149 Å². The average Bonchev–Trinajstić information content (AvgIpc) is 3.28. The number of hydrogen-bond acceptors (Lipinski definition) is 6. The monoisotopic (exact) mass is 349 g/mol. The highest BCUT2D eigenvalue weighted by molar-refractivity contribution is 7.98. The van der Waals surface area contributed by atoms with Crippen molar-refractivity contribution in [1.29, 1.82) is 0 Å². The summed E-state index contributed by atoms with van der Waals surface area (Å²) in [6, 6.07) is 19.6. The second kappa shape index (κ2) is 6.94. The number of hydrogen-bond donors (Lipinski definition) is 0. The molecule has 0 atom stereocenters. The van der Waals surface area contributed by atoms with Gasteiger partial charge in [-0.05, 0) is 31.2 Å². The fourth-order valence-corrected chi connectivity index (χ4v) is 3.13. The largest absolute Gasteiger partial charge is 0.441 e. The normalized spacial score (nSPS) is 10.9. The van der Waals surface area contributed by atoms with Gasteiger partial charge in [0.2, 0.25) is 11.8 Å². The van der Waals surface area contributed by atoms with Crippen molar-refractivity contribution in [3.05, 3.63) is 72.1 Å². The van der Waals surface area contributed by atoms with E-state index in [4.69, 9.17) is 8.83 Å². The van der Waals surface area contributed by atoms with Crippen molar-refractivity contribution >= 4 is 11.8 Å². The maximum Gasteiger partial charge on any atom is 0.277 e. The Kier molecular flexibility index (Phi) is 4.35. The third-order valence-electron chi connectivity index (χ3n) is 3.67. The molecule has 2 aromatic heterocycles. The van der Waals surface area contributed by atoms with Crippen LogP contribution in [-0.4, -0.2) is 15.2 Å². The molecule has 2 aromatic carbocycles. The third-order valence-corrected chi connectivity index (χ3v) is 4.50. The van der Waals surface area contributed by atoms with E-state index in [0.29, 0.717) is 22.8 Å². The number of rotatable bonds is 5. The van der Waals surface area contributed by atoms with Crippen LogP contribution in [0.15, 0.2) is 74.7 Å². The molecule has 0 fully saturated rings. The van der Waals surface area contributed by atoms with E-state index in [0.717, 1.165) is 22.6 Å². The van der Waals surface area contributed by atoms with Crippen LogP contribution in [0.2, 0.25) is 0 Å². The topological polar surface area (TPSA) is 65.0 Å². The smallest absolute Gasteiger partial charge is 0.277 e. The van der Waals surface area contributed by atoms with Gasteiger partial charge in [0.1, 0.15) is 5.76 Å². The van der Waals surface area contributed by atoms with Crippen molar-refractivity contribution in [2.45, 2.75) is 17.9 Å². The first-order valence-electron chi connectivity index (χ1n) is 7.83. The summed E-state index contributed by atoms with van der Waals surface area (Å²) in [4.78, 5) is 4.58. The molecule has 0 amide bonds. The highest BCUT2D eigenvalue weighted by Crippen LogP contribution is 2.28. The van der Waals surface area contributed by atoms with Crippen molar-refractivity contribution in [2.24, 2.45) is 0 Å². The molecule has 5 nitrogen and oxygen atoms in total. The average molecular weight is 349 g/mol. The number of thioether (sulfide) groups is 1. The lowest BCUT2D eigenvalue weighted by molar-refractivity contribution is 0.465. The van der Waals surface area contributed by atoms with E-state index in [1.165, 1.54) is 11.8 Å². The predicted molar refractivity (Wildman–Crippen MR) is 96.0 cm³/mol. The minimum Gasteiger partial charge on any atom is -0.441 e. The number of benzene rings is 2. The van der Waals surface area contributed by atoms with Crippen molar-refractivity contribution in [2.75, 3.05) is 0 Å². The minimum atomic E-state index is 0.516. The fourth-order valence-electron chi connectivity index (χ4n) is 2.36. The van der Waals surface area contributed by atoms with Crippen LogP contribution in [0, 0.1) is 6.92 Å². The van der Waals surface area contributed by atoms with Crippen molar-refractivity contribution < 1.29 is 8.83 Å². The maximum absolute atomic E-state index is 5.77. The summed E-state index contributed by atoms with van der Waals surface area (Å²) in [5, 5.41) is 8.70. The quantitative estimate of drug-likeness (QED) is 0.473. The van der Waals surface area contributed by atoms with E-state index in [2.05, 4.69) is 15.2 Å². The zero-order valence-electron chi connectivity index (χ0n) is 13.5. The number of aromatic nitrogens is 3. The second-order valence-electron chi connectivity index (χ2n) is 5.42. The van der Waals surface area contributed by atoms with Crippen LogP contribution in [0.1, 0.15) is 11.5 Å². The molecule has 0 bridgehead atoms. The Bertz CT molecular complexity index is 965. The number of nitrogens with zero attached hydrogens (tertiary/aromatic N) is 3. The molecule has 124 valence electrons. The molecule has 6 heteroatoms. The molecule has 0 radical (unpaired) electrons. The van der Waals surface area contributed by atoms with Crippen LogP contribution in [0.25, 0.3) is 22.9 Å². The van der Waals surface area contributed by atoms with Gasteiger partial charge < -0.3 is 8.83 Å². The van der Waals surface area contributed by atoms with Gasteiger partial charge in [-0.25, -0.2) is 4.98 Å². The molecule has 0 aliphatic carbocycles. The van der Waals surface area contributed by atoms with Gasteiger partial charge in [0.25, 0.3) is 5.22 Å². The lowest BCUT2D eigenvalue weighted by atomic mass is 10.2. The van der Waals surface area contributed by atoms with Crippen molar-refractivity contribution in [3.8, 4) is 22.9 Å². The first-order chi connectivity index (χ1) is 12.3. The molecule has 2 heterocycles. The van der Waals surface area contributed by atoms with Gasteiger partial charge in [0, 0.05) is 16.9 Å². The zero-order valence-corrected chi connectivity index (χ0v) is 14.4. The van der Waals surface area contributed by atoms with Gasteiger partial charge in [0.05, 0.1) is 5.69 Å². The fraction of sp³-hybridized carbons (Fsp3) is 0.105. The summed E-state index contributed by atoms with van der Waals surface area (Å²) in [6.45, 7) is 1.92. The summed E-state index contributed by atoms with van der Waals surface area (Å²) in [5.74, 6) is 2.56. The van der Waals surface area contributed by atoms with Crippen molar-refractivity contribution in [3.63, 3.8) is 0 Å². The van der Waals surface area contributed by atoms with E-state index in [-0.39, 0.29) is 0 Å². The van der Waals surface area contributed by atoms with Gasteiger partial charge in [0.15, 0.2) is 0 Å². The Balaban J connectivity index is 1.47. The number of aryl methyl sites for hydroxylation is 1. The van der Waals surface area contributed by atoms with Crippen LogP contribution >= 0.6 is 11.8 Å². The minimum absolute atomic E-state index is 0.516. The van der Waals surface area contributed by atoms with Gasteiger partial charge in [-0.1, -0.05) is 48.2 Å². The van der Waals surface area contributed by atoms with Gasteiger partial charge in [-0.15, -0.1) is 10.2 Å². The van der Waals surface area contributed by atoms with E-state index < -0.39 is 0 Å². The molecule has 0 saturated heterocycles. The van der Waals surface area contributed by atoms with Crippen LogP contribution in [0.3, 0.4) is 0 Å². The summed E-state index contributed by atoms with van der Waals surface area (Å²) in [5.41, 5.74) is 2.75. The summed E-state index contributed by atoms with van der Waals surface area (Å²) in [7, 11) is 0. The van der Waals surface area contributed by atoms with Gasteiger partial charge in [-0.2, -0.15) is 0 Å². The summed E-state index contributed by atoms with van der Waals surface area (Å²) < 4.78 is 11.5. The standard InChI is InChI=1S/C19H15N3O2S/c1-13-16(20-17(23-13)14-8-4-2-5-9-14)12-25-19-22-21-18(24-19)15-10-6-3-7-11-15/h2-11H,12H2,1H3. The molecule has 0 unspecified atom stereocenters. The molecular weight excluding hydrogens is 334 g/mol. The molecular formula is C19H15N3O2S. The Morgan fingerprint density at radius 1 is 0.800 bits per heavy atom. The Hall–Kier alpha value is -2.86. The highest BCUT2D eigenvalue weighted by atomic mass is 32.2. The predicted octanol–water partition coefficient (Wildman–Crippen LogP) is 4.99. The third kappa shape index (κ3) is 3.49. The molecule has 4 rings (SSSR count). The van der Waals surface area contributed by atoms with E-state index in [1.54, 1.807) is 0 Å². The Morgan fingerprint density at radius 3 is 2.12 bits per heavy atom. The maximum atomic E-state index is 5.77. The van der Waals surface area contributed by atoms with Crippen LogP contribution in [-0.2, 0) is 5.75 Å². The lowest BCUT2D eigenvalue weighted by Gasteiger charge is -1.94. The SMILES string of the molecule is Cc1oc(-c2ccccc2)nc1CSc1nnc(-c2ccccc2)o1. The summed E-state index contributed by atoms with van der Waals surface area (Å²) >= 11 is 1.45. The van der Waals surface area contributed by atoms with Gasteiger partial charge >= 0.3 is 0 Å². The molecule has 0 N–H and O–H groups in total. The van der Waals surface area contributed by atoms with Crippen LogP contribution < -0.4 is 0 Å². The van der Waals surface area contributed by atoms with Crippen LogP contribution in [0.5, 0.6) is 0 Å². The van der Waals surface area contributed by atoms with Gasteiger partial charge in [-0.3, -0.25) is 0 Å². The Morgan fingerprint density at radius 2 is 1.44 bits per heavy atom. The molecule has 0 aliphatic heterocycles. The lowest BCUT2D eigenvalue weighted by Crippen LogP contribution is -1.84. The molecule has 25 heavy (non-hydrogen) atoms. The first kappa shape index (κ1) is 15.7. The highest BCUT2D eigenvalue weighted by Gasteiger charge is 2.14. The van der Waals surface area contributed by atoms with E-state index in [1.807, 2.05) is 67.6 Å². The van der Waals surface area contributed by atoms with Crippen molar-refractivity contribution in [1.82, 2.24) is 15.2 Å². The second-order valence-corrected chi connectivity index (χ2v) is 6.34. The summed E-state index contributed by atoms with van der Waals surface area (Å²) in [6.07, 6.45) is 0. The molecule has 0 aliphatic rings. The van der Waals surface area contributed by atoms with E-state index in [9.17, 15) is 0 Å². The first-order valence-corrected chi connectivity index (χ1v) is 8.81. The van der Waals surface area contributed by atoms with E-state index >= 15 is 0 Å². The number of oxazole rings is 1. The molecule has 0 saturated carbocycles. The van der Waals surface area contributed by atoms with Crippen LogP contribution in [0.4, 0.5) is 0 Å². The zero-order chi connectivity index (χ0) is 17.1.